The summed E-state index contributed by atoms with van der Waals surface area (Å²) in [6, 6.07) is 0.0718. The Morgan fingerprint density at radius 3 is 2.75 bits per heavy atom. The van der Waals surface area contributed by atoms with Gasteiger partial charge in [-0.25, -0.2) is 4.98 Å². The van der Waals surface area contributed by atoms with Crippen molar-refractivity contribution >= 4 is 28.3 Å². The van der Waals surface area contributed by atoms with E-state index in [2.05, 4.69) is 17.2 Å². The number of nitrogens with zero attached hydrogens (tertiary/aromatic N) is 4. The molecular formula is C19H27N5O3S. The predicted molar refractivity (Wildman–Crippen MR) is 109 cm³/mol. The number of carbonyl (C=O) groups excluding carboxylic acids is 2. The molecule has 1 atom stereocenters. The minimum absolute atomic E-state index is 0.0444. The minimum atomic E-state index is -0.155. The summed E-state index contributed by atoms with van der Waals surface area (Å²) < 4.78 is 1.90. The number of hydrogen-bond donors (Lipinski definition) is 2. The van der Waals surface area contributed by atoms with Gasteiger partial charge >= 0.3 is 0 Å². The van der Waals surface area contributed by atoms with Gasteiger partial charge in [0.15, 0.2) is 10.8 Å². The lowest BCUT2D eigenvalue weighted by Gasteiger charge is -2.22. The molecule has 2 N–H and O–H groups in total. The van der Waals surface area contributed by atoms with Crippen LogP contribution >= 0.6 is 11.3 Å². The number of aliphatic hydroxyl groups is 1. The summed E-state index contributed by atoms with van der Waals surface area (Å²) in [5.41, 5.74) is 3.27. The number of thiazole rings is 1. The molecule has 0 spiro atoms. The lowest BCUT2D eigenvalue weighted by Crippen LogP contribution is -2.30. The quantitative estimate of drug-likeness (QED) is 0.770. The number of amides is 2. The topological polar surface area (TPSA) is 100 Å². The number of aliphatic hydroxyl groups excluding tert-OH is 1. The average Bonchev–Trinajstić information content (AvgIpc) is 3.19. The molecule has 2 amide bonds. The number of carbonyl (C=O) groups is 2. The standard InChI is InChI=1S/C19H27N5O3S/c1-10(2)24-16-14(15(22-24)18(27)23(5)7-6-8-25)11(3)9-13-17(16)28-19(21-13)20-12(4)26/h10-11,25H,6-9H2,1-5H3,(H,20,21,26). The second-order valence-electron chi connectivity index (χ2n) is 7.53. The monoisotopic (exact) mass is 405 g/mol. The molecule has 8 nitrogen and oxygen atoms in total. The number of nitrogens with one attached hydrogen (secondary N) is 1. The van der Waals surface area contributed by atoms with Crippen molar-refractivity contribution < 1.29 is 14.7 Å². The lowest BCUT2D eigenvalue weighted by molar-refractivity contribution is -0.114. The molecule has 0 radical (unpaired) electrons. The van der Waals surface area contributed by atoms with Crippen LogP contribution in [0.1, 0.15) is 67.8 Å². The highest BCUT2D eigenvalue weighted by atomic mass is 32.1. The second kappa shape index (κ2) is 8.00. The molecule has 0 fully saturated rings. The van der Waals surface area contributed by atoms with Crippen LogP contribution in [0.15, 0.2) is 0 Å². The van der Waals surface area contributed by atoms with E-state index in [1.807, 2.05) is 18.5 Å². The van der Waals surface area contributed by atoms with Crippen molar-refractivity contribution in [3.8, 4) is 10.6 Å². The molecule has 0 bridgehead atoms. The first-order valence-corrected chi connectivity index (χ1v) is 10.3. The van der Waals surface area contributed by atoms with Crippen LogP contribution in [0.2, 0.25) is 0 Å². The van der Waals surface area contributed by atoms with Crippen LogP contribution in [0.4, 0.5) is 5.13 Å². The summed E-state index contributed by atoms with van der Waals surface area (Å²) in [5.74, 6) is -0.198. The van der Waals surface area contributed by atoms with Crippen molar-refractivity contribution in [1.29, 1.82) is 0 Å². The Morgan fingerprint density at radius 2 is 2.14 bits per heavy atom. The molecule has 1 aliphatic carbocycles. The molecule has 1 unspecified atom stereocenters. The van der Waals surface area contributed by atoms with Gasteiger partial charge in [-0.3, -0.25) is 14.3 Å². The fourth-order valence-electron chi connectivity index (χ4n) is 3.53. The van der Waals surface area contributed by atoms with E-state index in [-0.39, 0.29) is 30.4 Å². The van der Waals surface area contributed by atoms with Gasteiger partial charge in [-0.05, 0) is 32.6 Å². The Labute approximate surface area is 168 Å². The molecule has 2 aromatic heterocycles. The number of aromatic nitrogens is 3. The van der Waals surface area contributed by atoms with E-state index in [0.717, 1.165) is 21.8 Å². The first-order valence-electron chi connectivity index (χ1n) is 9.50. The maximum Gasteiger partial charge on any atom is 0.274 e. The van der Waals surface area contributed by atoms with Gasteiger partial charge in [-0.2, -0.15) is 5.10 Å². The zero-order valence-electron chi connectivity index (χ0n) is 16.9. The molecule has 152 valence electrons. The van der Waals surface area contributed by atoms with E-state index in [1.54, 1.807) is 11.9 Å². The van der Waals surface area contributed by atoms with Gasteiger partial charge in [-0.15, -0.1) is 0 Å². The second-order valence-corrected chi connectivity index (χ2v) is 8.53. The molecule has 0 saturated heterocycles. The van der Waals surface area contributed by atoms with E-state index in [9.17, 15) is 9.59 Å². The number of rotatable bonds is 6. The Kier molecular flexibility index (Phi) is 5.85. The van der Waals surface area contributed by atoms with Crippen molar-refractivity contribution in [2.24, 2.45) is 0 Å². The fraction of sp³-hybridized carbons (Fsp3) is 0.579. The summed E-state index contributed by atoms with van der Waals surface area (Å²) in [6.45, 7) is 8.13. The van der Waals surface area contributed by atoms with E-state index in [4.69, 9.17) is 10.2 Å². The normalized spacial score (nSPS) is 15.3. The molecule has 2 aromatic rings. The molecule has 2 heterocycles. The van der Waals surface area contributed by atoms with Crippen molar-refractivity contribution in [1.82, 2.24) is 19.7 Å². The van der Waals surface area contributed by atoms with Crippen LogP contribution in [-0.2, 0) is 11.2 Å². The molecule has 0 saturated carbocycles. The largest absolute Gasteiger partial charge is 0.396 e. The van der Waals surface area contributed by atoms with Crippen LogP contribution < -0.4 is 5.32 Å². The van der Waals surface area contributed by atoms with Crippen molar-refractivity contribution in [2.45, 2.75) is 52.5 Å². The van der Waals surface area contributed by atoms with E-state index < -0.39 is 0 Å². The maximum atomic E-state index is 13.1. The highest BCUT2D eigenvalue weighted by Crippen LogP contribution is 2.46. The molecule has 28 heavy (non-hydrogen) atoms. The lowest BCUT2D eigenvalue weighted by atomic mass is 9.87. The smallest absolute Gasteiger partial charge is 0.274 e. The summed E-state index contributed by atoms with van der Waals surface area (Å²) >= 11 is 1.43. The fourth-order valence-corrected chi connectivity index (χ4v) is 4.62. The number of fused-ring (bicyclic) bond motifs is 3. The zero-order chi connectivity index (χ0) is 20.6. The number of anilines is 1. The van der Waals surface area contributed by atoms with Crippen molar-refractivity contribution in [3.63, 3.8) is 0 Å². The third kappa shape index (κ3) is 3.68. The SMILES string of the molecule is CC(=O)Nc1nc2c(s1)-c1c(c(C(=O)N(C)CCCO)nn1C(C)C)C(C)C2. The van der Waals surface area contributed by atoms with Gasteiger partial charge in [0.2, 0.25) is 5.91 Å². The van der Waals surface area contributed by atoms with E-state index in [1.165, 1.54) is 18.3 Å². The van der Waals surface area contributed by atoms with Gasteiger partial charge in [-0.1, -0.05) is 18.3 Å². The summed E-state index contributed by atoms with van der Waals surface area (Å²) in [6.07, 6.45) is 1.23. The van der Waals surface area contributed by atoms with E-state index in [0.29, 0.717) is 30.2 Å². The van der Waals surface area contributed by atoms with Crippen LogP contribution in [-0.4, -0.2) is 56.8 Å². The third-order valence-electron chi connectivity index (χ3n) is 4.82. The van der Waals surface area contributed by atoms with Gasteiger partial charge < -0.3 is 15.3 Å². The van der Waals surface area contributed by atoms with Gasteiger partial charge in [0, 0.05) is 38.7 Å². The molecule has 9 heteroatoms. The molecule has 3 rings (SSSR count). The predicted octanol–water partition coefficient (Wildman–Crippen LogP) is 2.66. The van der Waals surface area contributed by atoms with Crippen molar-refractivity contribution in [2.75, 3.05) is 25.5 Å². The van der Waals surface area contributed by atoms with Crippen LogP contribution in [0, 0.1) is 0 Å². The molecule has 0 aromatic carbocycles. The van der Waals surface area contributed by atoms with Crippen LogP contribution in [0.5, 0.6) is 0 Å². The zero-order valence-corrected chi connectivity index (χ0v) is 17.8. The van der Waals surface area contributed by atoms with Gasteiger partial charge in [0.05, 0.1) is 16.3 Å². The summed E-state index contributed by atoms with van der Waals surface area (Å²) in [5, 5.41) is 17.1. The minimum Gasteiger partial charge on any atom is -0.396 e. The van der Waals surface area contributed by atoms with Gasteiger partial charge in [0.25, 0.3) is 5.91 Å². The Hall–Kier alpha value is -2.26. The Morgan fingerprint density at radius 1 is 1.43 bits per heavy atom. The van der Waals surface area contributed by atoms with E-state index >= 15 is 0 Å². The average molecular weight is 406 g/mol. The van der Waals surface area contributed by atoms with Crippen LogP contribution in [0.25, 0.3) is 10.6 Å². The van der Waals surface area contributed by atoms with Gasteiger partial charge in [0.1, 0.15) is 0 Å². The summed E-state index contributed by atoms with van der Waals surface area (Å²) in [7, 11) is 1.74. The Bertz CT molecular complexity index is 902. The highest BCUT2D eigenvalue weighted by Gasteiger charge is 2.36. The Balaban J connectivity index is 2.11. The summed E-state index contributed by atoms with van der Waals surface area (Å²) in [4.78, 5) is 31.7. The first-order chi connectivity index (χ1) is 13.2. The first kappa shape index (κ1) is 20.5. The third-order valence-corrected chi connectivity index (χ3v) is 5.84. The maximum absolute atomic E-state index is 13.1. The molecule has 0 aliphatic heterocycles. The van der Waals surface area contributed by atoms with Crippen LogP contribution in [0.3, 0.4) is 0 Å². The molecule has 1 aliphatic rings. The highest BCUT2D eigenvalue weighted by molar-refractivity contribution is 7.19. The van der Waals surface area contributed by atoms with Crippen molar-refractivity contribution in [3.05, 3.63) is 17.0 Å². The molecular weight excluding hydrogens is 378 g/mol. The number of hydrogen-bond acceptors (Lipinski definition) is 6.